The Morgan fingerprint density at radius 1 is 1.00 bits per heavy atom. The van der Waals surface area contributed by atoms with Gasteiger partial charge in [0.25, 0.3) is 0 Å². The van der Waals surface area contributed by atoms with Gasteiger partial charge in [0.2, 0.25) is 18.4 Å². The molecule has 0 saturated carbocycles. The minimum atomic E-state index is -0.397. The summed E-state index contributed by atoms with van der Waals surface area (Å²) >= 11 is 0. The van der Waals surface area contributed by atoms with Crippen LogP contribution in [-0.2, 0) is 13.1 Å². The summed E-state index contributed by atoms with van der Waals surface area (Å²) in [7, 11) is 3.96. The van der Waals surface area contributed by atoms with Gasteiger partial charge in [-0.1, -0.05) is 18.2 Å². The van der Waals surface area contributed by atoms with Crippen molar-refractivity contribution in [3.05, 3.63) is 70.0 Å². The molecule has 3 aromatic rings. The van der Waals surface area contributed by atoms with E-state index in [1.807, 2.05) is 66.4 Å². The third-order valence-corrected chi connectivity index (χ3v) is 6.41. The number of aromatic nitrogens is 2. The molecular weight excluding hydrogens is 462 g/mol. The Morgan fingerprint density at radius 3 is 2.44 bits per heavy atom. The summed E-state index contributed by atoms with van der Waals surface area (Å²) in [5.41, 5.74) is 3.15. The highest BCUT2D eigenvalue weighted by Gasteiger charge is 2.29. The summed E-state index contributed by atoms with van der Waals surface area (Å²) in [6.07, 6.45) is 1.39. The summed E-state index contributed by atoms with van der Waals surface area (Å²) in [5, 5.41) is 15.2. The van der Waals surface area contributed by atoms with Crippen LogP contribution in [0, 0.1) is 10.1 Å². The first-order valence-corrected chi connectivity index (χ1v) is 11.8. The lowest BCUT2D eigenvalue weighted by molar-refractivity contribution is -0.383. The van der Waals surface area contributed by atoms with Crippen LogP contribution in [0.1, 0.15) is 11.1 Å². The minimum Gasteiger partial charge on any atom is -0.454 e. The quantitative estimate of drug-likeness (QED) is 0.373. The molecule has 1 N–H and O–H groups in total. The lowest BCUT2D eigenvalue weighted by Gasteiger charge is -2.35. The monoisotopic (exact) mass is 491 g/mol. The van der Waals surface area contributed by atoms with Gasteiger partial charge in [-0.25, -0.2) is 9.97 Å². The molecule has 0 bridgehead atoms. The molecule has 2 aliphatic heterocycles. The van der Waals surface area contributed by atoms with Crippen molar-refractivity contribution in [2.24, 2.45) is 0 Å². The van der Waals surface area contributed by atoms with Crippen LogP contribution in [0.15, 0.2) is 48.8 Å². The third kappa shape index (κ3) is 5.10. The van der Waals surface area contributed by atoms with Crippen molar-refractivity contribution in [2.45, 2.75) is 13.1 Å². The molecule has 3 heterocycles. The van der Waals surface area contributed by atoms with E-state index in [0.29, 0.717) is 25.5 Å². The third-order valence-electron chi connectivity index (χ3n) is 6.41. The molecule has 1 aromatic heterocycles. The van der Waals surface area contributed by atoms with Gasteiger partial charge in [-0.05, 0) is 35.4 Å². The summed E-state index contributed by atoms with van der Waals surface area (Å²) in [5.74, 6) is 2.12. The molecular formula is C25H29N7O4. The molecule has 0 amide bonds. The molecule has 0 atom stereocenters. The molecule has 11 heteroatoms. The van der Waals surface area contributed by atoms with E-state index in [2.05, 4.69) is 20.2 Å². The van der Waals surface area contributed by atoms with Gasteiger partial charge >= 0.3 is 5.69 Å². The fourth-order valence-corrected chi connectivity index (χ4v) is 4.41. The van der Waals surface area contributed by atoms with Crippen molar-refractivity contribution in [3.63, 3.8) is 0 Å². The summed E-state index contributed by atoms with van der Waals surface area (Å²) in [6, 6.07) is 14.0. The van der Waals surface area contributed by atoms with E-state index < -0.39 is 4.92 Å². The standard InChI is InChI=1S/C25H29N7O4/c1-29(2)20-6-3-18(4-7-20)14-26-24-23(32(33)34)25(28-16-27-24)31-11-9-30(10-12-31)15-19-5-8-21-22(13-19)36-17-35-21/h3-8,13,16H,9-12,14-15,17H2,1-2H3,(H,26,27,28). The van der Waals surface area contributed by atoms with Crippen LogP contribution in [0.5, 0.6) is 11.5 Å². The molecule has 0 spiro atoms. The Balaban J connectivity index is 1.24. The number of anilines is 3. The number of nitrogens with one attached hydrogen (secondary N) is 1. The lowest BCUT2D eigenvalue weighted by atomic mass is 10.1. The number of fused-ring (bicyclic) bond motifs is 1. The van der Waals surface area contributed by atoms with Crippen molar-refractivity contribution >= 4 is 23.0 Å². The Bertz CT molecular complexity index is 1230. The molecule has 5 rings (SSSR count). The van der Waals surface area contributed by atoms with Crippen LogP contribution in [0.4, 0.5) is 23.0 Å². The first-order valence-electron chi connectivity index (χ1n) is 11.8. The van der Waals surface area contributed by atoms with Crippen LogP contribution in [-0.4, -0.2) is 66.9 Å². The SMILES string of the molecule is CN(C)c1ccc(CNc2ncnc(N3CCN(Cc4ccc5c(c4)OCO5)CC3)c2[N+](=O)[O-])cc1. The van der Waals surface area contributed by atoms with Crippen molar-refractivity contribution in [1.29, 1.82) is 0 Å². The van der Waals surface area contributed by atoms with Gasteiger partial charge in [0.15, 0.2) is 11.5 Å². The van der Waals surface area contributed by atoms with Gasteiger partial charge in [-0.15, -0.1) is 0 Å². The number of hydrogen-bond donors (Lipinski definition) is 1. The zero-order valence-corrected chi connectivity index (χ0v) is 20.4. The van der Waals surface area contributed by atoms with Crippen molar-refractivity contribution in [1.82, 2.24) is 14.9 Å². The Kier molecular flexibility index (Phi) is 6.72. The second kappa shape index (κ2) is 10.2. The average molecular weight is 492 g/mol. The van der Waals surface area contributed by atoms with Crippen LogP contribution >= 0.6 is 0 Å². The van der Waals surface area contributed by atoms with Gasteiger partial charge in [0.05, 0.1) is 4.92 Å². The van der Waals surface area contributed by atoms with Crippen LogP contribution < -0.4 is 24.6 Å². The van der Waals surface area contributed by atoms with Crippen molar-refractivity contribution in [3.8, 4) is 11.5 Å². The normalized spacial score (nSPS) is 15.1. The number of hydrogen-bond acceptors (Lipinski definition) is 10. The molecule has 0 aliphatic carbocycles. The molecule has 188 valence electrons. The molecule has 36 heavy (non-hydrogen) atoms. The van der Waals surface area contributed by atoms with Gasteiger partial charge in [0.1, 0.15) is 6.33 Å². The summed E-state index contributed by atoms with van der Waals surface area (Å²) < 4.78 is 10.9. The molecule has 1 fully saturated rings. The van der Waals surface area contributed by atoms with Crippen molar-refractivity contribution in [2.75, 3.05) is 62.2 Å². The zero-order chi connectivity index (χ0) is 25.1. The van der Waals surface area contributed by atoms with E-state index in [9.17, 15) is 10.1 Å². The van der Waals surface area contributed by atoms with Gasteiger partial charge in [-0.3, -0.25) is 15.0 Å². The van der Waals surface area contributed by atoms with E-state index in [-0.39, 0.29) is 18.3 Å². The topological polar surface area (TPSA) is 109 Å². The molecule has 11 nitrogen and oxygen atoms in total. The molecule has 1 saturated heterocycles. The first kappa shape index (κ1) is 23.6. The number of nitro groups is 1. The predicted octanol–water partition coefficient (Wildman–Crippen LogP) is 3.11. The Labute approximate surface area is 209 Å². The number of nitrogens with zero attached hydrogens (tertiary/aromatic N) is 6. The second-order valence-electron chi connectivity index (χ2n) is 9.02. The Hall–Kier alpha value is -4.12. The number of benzene rings is 2. The second-order valence-corrected chi connectivity index (χ2v) is 9.02. The van der Waals surface area contributed by atoms with E-state index in [4.69, 9.17) is 9.47 Å². The average Bonchev–Trinajstić information content (AvgIpc) is 3.36. The number of ether oxygens (including phenoxy) is 2. The highest BCUT2D eigenvalue weighted by Crippen LogP contribution is 2.34. The number of rotatable bonds is 8. The first-order chi connectivity index (χ1) is 17.5. The van der Waals surface area contributed by atoms with Crippen LogP contribution in [0.25, 0.3) is 0 Å². The minimum absolute atomic E-state index is 0.0911. The maximum atomic E-state index is 12.0. The van der Waals surface area contributed by atoms with Gasteiger partial charge < -0.3 is 24.6 Å². The lowest BCUT2D eigenvalue weighted by Crippen LogP contribution is -2.46. The molecule has 2 aromatic carbocycles. The summed E-state index contributed by atoms with van der Waals surface area (Å²) in [6.45, 7) is 4.24. The fourth-order valence-electron chi connectivity index (χ4n) is 4.41. The largest absolute Gasteiger partial charge is 0.454 e. The van der Waals surface area contributed by atoms with Gasteiger partial charge in [-0.2, -0.15) is 0 Å². The smallest absolute Gasteiger partial charge is 0.353 e. The van der Waals surface area contributed by atoms with E-state index in [1.54, 1.807) is 0 Å². The maximum absolute atomic E-state index is 12.0. The van der Waals surface area contributed by atoms with E-state index in [1.165, 1.54) is 6.33 Å². The van der Waals surface area contributed by atoms with Gasteiger partial charge in [0, 0.05) is 59.1 Å². The predicted molar refractivity (Wildman–Crippen MR) is 137 cm³/mol. The highest BCUT2D eigenvalue weighted by molar-refractivity contribution is 5.70. The molecule has 2 aliphatic rings. The maximum Gasteiger partial charge on any atom is 0.353 e. The molecule has 0 radical (unpaired) electrons. The highest BCUT2D eigenvalue weighted by atomic mass is 16.7. The zero-order valence-electron chi connectivity index (χ0n) is 20.4. The summed E-state index contributed by atoms with van der Waals surface area (Å²) in [4.78, 5) is 26.4. The van der Waals surface area contributed by atoms with Crippen LogP contribution in [0.2, 0.25) is 0 Å². The molecule has 0 unspecified atom stereocenters. The van der Waals surface area contributed by atoms with Crippen LogP contribution in [0.3, 0.4) is 0 Å². The van der Waals surface area contributed by atoms with E-state index >= 15 is 0 Å². The Morgan fingerprint density at radius 2 is 1.72 bits per heavy atom. The number of piperazine rings is 1. The van der Waals surface area contributed by atoms with Crippen molar-refractivity contribution < 1.29 is 14.4 Å². The van der Waals surface area contributed by atoms with E-state index in [0.717, 1.165) is 47.9 Å². The fraction of sp³-hybridized carbons (Fsp3) is 0.360.